The van der Waals surface area contributed by atoms with Crippen LogP contribution in [0.2, 0.25) is 0 Å². The van der Waals surface area contributed by atoms with Crippen molar-refractivity contribution in [2.45, 2.75) is 84.6 Å². The van der Waals surface area contributed by atoms with Gasteiger partial charge in [0, 0.05) is 6.54 Å². The van der Waals surface area contributed by atoms with Crippen molar-refractivity contribution in [2.24, 2.45) is 5.92 Å². The van der Waals surface area contributed by atoms with Gasteiger partial charge < -0.3 is 30.5 Å². The lowest BCUT2D eigenvalue weighted by Crippen LogP contribution is -2.52. The molecule has 4 N–H and O–H groups in total. The molecule has 10 heteroatoms. The molecule has 3 amide bonds. The molecule has 1 rings (SSSR count). The van der Waals surface area contributed by atoms with E-state index in [0.717, 1.165) is 5.56 Å². The van der Waals surface area contributed by atoms with Gasteiger partial charge in [0.2, 0.25) is 5.91 Å². The van der Waals surface area contributed by atoms with Crippen molar-refractivity contribution in [2.75, 3.05) is 6.54 Å². The molecule has 0 aromatic heterocycles. The van der Waals surface area contributed by atoms with Crippen LogP contribution in [0.1, 0.15) is 65.9 Å². The zero-order valence-electron chi connectivity index (χ0n) is 21.3. The van der Waals surface area contributed by atoms with E-state index in [0.29, 0.717) is 19.4 Å². The van der Waals surface area contributed by atoms with E-state index in [-0.39, 0.29) is 25.4 Å². The normalized spacial score (nSPS) is 12.9. The Morgan fingerprint density at radius 1 is 0.943 bits per heavy atom. The largest absolute Gasteiger partial charge is 0.480 e. The van der Waals surface area contributed by atoms with E-state index < -0.39 is 41.7 Å². The molecule has 0 fully saturated rings. The summed E-state index contributed by atoms with van der Waals surface area (Å²) in [7, 11) is 0. The number of hydrogen-bond donors (Lipinski definition) is 4. The molecule has 35 heavy (non-hydrogen) atoms. The monoisotopic (exact) mass is 493 g/mol. The molecule has 0 spiro atoms. The molecule has 0 aliphatic rings. The second kappa shape index (κ2) is 14.9. The highest BCUT2D eigenvalue weighted by molar-refractivity contribution is 5.89. The van der Waals surface area contributed by atoms with Crippen molar-refractivity contribution >= 4 is 24.1 Å². The molecule has 1 aromatic rings. The number of carboxylic acids is 1. The van der Waals surface area contributed by atoms with Crippen LogP contribution in [0, 0.1) is 5.92 Å². The number of hydrogen-bond acceptors (Lipinski definition) is 6. The molecule has 0 unspecified atom stereocenters. The fourth-order valence-electron chi connectivity index (χ4n) is 3.12. The van der Waals surface area contributed by atoms with Crippen molar-refractivity contribution in [3.63, 3.8) is 0 Å². The predicted octanol–water partition coefficient (Wildman–Crippen LogP) is 3.59. The van der Waals surface area contributed by atoms with Gasteiger partial charge in [0.1, 0.15) is 24.3 Å². The van der Waals surface area contributed by atoms with Crippen molar-refractivity contribution in [1.29, 1.82) is 0 Å². The number of amides is 3. The smallest absolute Gasteiger partial charge is 0.408 e. The van der Waals surface area contributed by atoms with Crippen LogP contribution in [-0.4, -0.2) is 53.4 Å². The fourth-order valence-corrected chi connectivity index (χ4v) is 3.12. The minimum Gasteiger partial charge on any atom is -0.480 e. The van der Waals surface area contributed by atoms with E-state index in [2.05, 4.69) is 16.0 Å². The van der Waals surface area contributed by atoms with Gasteiger partial charge in [0.15, 0.2) is 0 Å². The highest BCUT2D eigenvalue weighted by Gasteiger charge is 2.28. The van der Waals surface area contributed by atoms with Crippen LogP contribution in [0.15, 0.2) is 30.3 Å². The maximum atomic E-state index is 12.8. The number of aliphatic carboxylic acids is 1. The van der Waals surface area contributed by atoms with Crippen LogP contribution < -0.4 is 16.0 Å². The van der Waals surface area contributed by atoms with Gasteiger partial charge in [0.25, 0.3) is 0 Å². The molecule has 0 bridgehead atoms. The van der Waals surface area contributed by atoms with Gasteiger partial charge in [-0.2, -0.15) is 0 Å². The molecule has 0 aliphatic heterocycles. The first kappa shape index (κ1) is 29.7. The zero-order chi connectivity index (χ0) is 26.4. The minimum atomic E-state index is -1.14. The molecule has 1 aromatic carbocycles. The van der Waals surface area contributed by atoms with Gasteiger partial charge in [-0.3, -0.25) is 4.79 Å². The van der Waals surface area contributed by atoms with Crippen molar-refractivity contribution in [3.8, 4) is 0 Å². The Labute approximate surface area is 207 Å². The first-order chi connectivity index (χ1) is 16.4. The highest BCUT2D eigenvalue weighted by Crippen LogP contribution is 2.10. The lowest BCUT2D eigenvalue weighted by Gasteiger charge is -2.25. The Morgan fingerprint density at radius 2 is 1.60 bits per heavy atom. The van der Waals surface area contributed by atoms with Crippen LogP contribution in [0.25, 0.3) is 0 Å². The van der Waals surface area contributed by atoms with Crippen LogP contribution >= 0.6 is 0 Å². The summed E-state index contributed by atoms with van der Waals surface area (Å²) in [6, 6.07) is 7.25. The number of benzene rings is 1. The van der Waals surface area contributed by atoms with E-state index in [1.165, 1.54) is 0 Å². The molecule has 2 atom stereocenters. The molecule has 0 heterocycles. The maximum absolute atomic E-state index is 12.8. The standard InChI is InChI=1S/C25H39N3O7/c1-17(2)15-20(22(30)31)27-21(29)19(28-24(33)35-25(3,4)5)13-9-10-14-26-23(32)34-16-18-11-7-6-8-12-18/h6-8,11-12,17,19-20H,9-10,13-16H2,1-5H3,(H,26,32)(H,27,29)(H,28,33)(H,30,31)/t19-,20-/m0/s1. The Hall–Kier alpha value is -3.30. The van der Waals surface area contributed by atoms with Crippen molar-refractivity contribution in [1.82, 2.24) is 16.0 Å². The van der Waals surface area contributed by atoms with Gasteiger partial charge in [-0.25, -0.2) is 14.4 Å². The first-order valence-corrected chi connectivity index (χ1v) is 11.8. The number of rotatable bonds is 13. The lowest BCUT2D eigenvalue weighted by atomic mass is 10.0. The van der Waals surface area contributed by atoms with E-state index >= 15 is 0 Å². The molecular weight excluding hydrogens is 454 g/mol. The van der Waals surface area contributed by atoms with Crippen LogP contribution in [0.4, 0.5) is 9.59 Å². The van der Waals surface area contributed by atoms with Crippen molar-refractivity contribution < 1.29 is 33.8 Å². The second-order valence-electron chi connectivity index (χ2n) is 9.71. The number of nitrogens with one attached hydrogen (secondary N) is 3. The molecule has 10 nitrogen and oxygen atoms in total. The third-order valence-electron chi connectivity index (χ3n) is 4.73. The van der Waals surface area contributed by atoms with E-state index in [1.54, 1.807) is 20.8 Å². The molecule has 0 saturated carbocycles. The summed E-state index contributed by atoms with van der Waals surface area (Å²) in [5.41, 5.74) is 0.123. The zero-order valence-corrected chi connectivity index (χ0v) is 21.3. The summed E-state index contributed by atoms with van der Waals surface area (Å²) in [4.78, 5) is 48.4. The Kier molecular flexibility index (Phi) is 12.6. The van der Waals surface area contributed by atoms with Crippen LogP contribution in [0.5, 0.6) is 0 Å². The minimum absolute atomic E-state index is 0.0568. The molecular formula is C25H39N3O7. The van der Waals surface area contributed by atoms with E-state index in [9.17, 15) is 24.3 Å². The number of unbranched alkanes of at least 4 members (excludes halogenated alkanes) is 1. The summed E-state index contributed by atoms with van der Waals surface area (Å²) in [6.07, 6.45) is 0.183. The summed E-state index contributed by atoms with van der Waals surface area (Å²) in [6.45, 7) is 9.30. The Bertz CT molecular complexity index is 822. The Balaban J connectivity index is 2.57. The summed E-state index contributed by atoms with van der Waals surface area (Å²) in [5, 5.41) is 17.1. The molecule has 0 radical (unpaired) electrons. The Morgan fingerprint density at radius 3 is 2.17 bits per heavy atom. The average Bonchev–Trinajstić information content (AvgIpc) is 2.75. The maximum Gasteiger partial charge on any atom is 0.408 e. The van der Waals surface area contributed by atoms with Crippen LogP contribution in [-0.2, 0) is 25.7 Å². The highest BCUT2D eigenvalue weighted by atomic mass is 16.6. The van der Waals surface area contributed by atoms with Crippen molar-refractivity contribution in [3.05, 3.63) is 35.9 Å². The van der Waals surface area contributed by atoms with Gasteiger partial charge >= 0.3 is 18.2 Å². The van der Waals surface area contributed by atoms with Gasteiger partial charge in [-0.05, 0) is 57.9 Å². The average molecular weight is 494 g/mol. The lowest BCUT2D eigenvalue weighted by molar-refractivity contribution is -0.142. The van der Waals surface area contributed by atoms with Gasteiger partial charge in [0.05, 0.1) is 0 Å². The molecule has 0 aliphatic carbocycles. The summed E-state index contributed by atoms with van der Waals surface area (Å²) >= 11 is 0. The molecule has 196 valence electrons. The number of alkyl carbamates (subject to hydrolysis) is 2. The third-order valence-corrected chi connectivity index (χ3v) is 4.73. The molecule has 0 saturated heterocycles. The second-order valence-corrected chi connectivity index (χ2v) is 9.71. The summed E-state index contributed by atoms with van der Waals surface area (Å²) < 4.78 is 10.4. The SMILES string of the molecule is CC(C)C[C@H](NC(=O)[C@H](CCCCNC(=O)OCc1ccccc1)NC(=O)OC(C)(C)C)C(=O)O. The number of carbonyl (C=O) groups is 4. The van der Waals surface area contributed by atoms with E-state index in [1.807, 2.05) is 44.2 Å². The number of ether oxygens (including phenoxy) is 2. The van der Waals surface area contributed by atoms with Gasteiger partial charge in [-0.15, -0.1) is 0 Å². The van der Waals surface area contributed by atoms with E-state index in [4.69, 9.17) is 9.47 Å². The van der Waals surface area contributed by atoms with Gasteiger partial charge in [-0.1, -0.05) is 44.2 Å². The fraction of sp³-hybridized carbons (Fsp3) is 0.600. The summed E-state index contributed by atoms with van der Waals surface area (Å²) in [5.74, 6) is -1.68. The predicted molar refractivity (Wildman–Crippen MR) is 131 cm³/mol. The first-order valence-electron chi connectivity index (χ1n) is 11.8. The topological polar surface area (TPSA) is 143 Å². The number of carboxylic acid groups (broad SMARTS) is 1. The number of carbonyl (C=O) groups excluding carboxylic acids is 3. The third kappa shape index (κ3) is 13.9. The quantitative estimate of drug-likeness (QED) is 0.308. The van der Waals surface area contributed by atoms with Crippen LogP contribution in [0.3, 0.4) is 0 Å².